The maximum absolute atomic E-state index is 13.3. The van der Waals surface area contributed by atoms with Crippen molar-refractivity contribution in [3.63, 3.8) is 0 Å². The number of anilines is 3. The number of methoxy groups -OCH3 is 2. The molecule has 5 rings (SSSR count). The van der Waals surface area contributed by atoms with Gasteiger partial charge in [-0.3, -0.25) is 9.59 Å². The number of benzene rings is 3. The van der Waals surface area contributed by atoms with Gasteiger partial charge in [0.05, 0.1) is 31.9 Å². The molecule has 0 spiro atoms. The molecule has 1 amide bonds. The Morgan fingerprint density at radius 1 is 0.829 bits per heavy atom. The first-order chi connectivity index (χ1) is 19.9. The largest absolute Gasteiger partial charge is 0.497 e. The fourth-order valence-corrected chi connectivity index (χ4v) is 5.20. The lowest BCUT2D eigenvalue weighted by molar-refractivity contribution is 0.0977. The second-order valence-electron chi connectivity index (χ2n) is 10.1. The summed E-state index contributed by atoms with van der Waals surface area (Å²) in [7, 11) is 3.21. The molecule has 1 aliphatic heterocycles. The van der Waals surface area contributed by atoms with Gasteiger partial charge in [0.1, 0.15) is 11.5 Å². The smallest absolute Gasteiger partial charge is 0.291 e. The number of ketones is 1. The summed E-state index contributed by atoms with van der Waals surface area (Å²) in [6, 6.07) is 22.9. The molecule has 0 aliphatic carbocycles. The summed E-state index contributed by atoms with van der Waals surface area (Å²) in [5.74, 6) is 1.20. The van der Waals surface area contributed by atoms with Gasteiger partial charge in [-0.1, -0.05) is 18.2 Å². The SMILES string of the molecule is COc1cc(CCC(=O)c2ccc(N3CCN(c4ccccc4C)CC3)c(NC(=O)c3ccco3)c2)cc(OC)c1. The van der Waals surface area contributed by atoms with Crippen LogP contribution < -0.4 is 24.6 Å². The minimum atomic E-state index is -0.358. The van der Waals surface area contributed by atoms with Crippen LogP contribution in [0.3, 0.4) is 0 Å². The molecule has 1 N–H and O–H groups in total. The molecule has 0 unspecified atom stereocenters. The van der Waals surface area contributed by atoms with Crippen molar-refractivity contribution < 1.29 is 23.5 Å². The molecule has 1 saturated heterocycles. The zero-order chi connectivity index (χ0) is 28.8. The molecular formula is C33H35N3O5. The number of furan rings is 1. The van der Waals surface area contributed by atoms with Crippen molar-refractivity contribution >= 4 is 28.8 Å². The number of carbonyl (C=O) groups is 2. The predicted octanol–water partition coefficient (Wildman–Crippen LogP) is 6.00. The van der Waals surface area contributed by atoms with Crippen LogP contribution in [0.25, 0.3) is 0 Å². The van der Waals surface area contributed by atoms with E-state index >= 15 is 0 Å². The first-order valence-corrected chi connectivity index (χ1v) is 13.7. The lowest BCUT2D eigenvalue weighted by Gasteiger charge is -2.38. The molecule has 212 valence electrons. The van der Waals surface area contributed by atoms with E-state index in [1.54, 1.807) is 38.5 Å². The molecule has 2 heterocycles. The Balaban J connectivity index is 1.34. The van der Waals surface area contributed by atoms with Crippen molar-refractivity contribution in [3.8, 4) is 11.5 Å². The number of para-hydroxylation sites is 1. The summed E-state index contributed by atoms with van der Waals surface area (Å²) in [4.78, 5) is 30.9. The maximum atomic E-state index is 13.3. The number of carbonyl (C=O) groups excluding carboxylic acids is 2. The van der Waals surface area contributed by atoms with E-state index < -0.39 is 0 Å². The van der Waals surface area contributed by atoms with Crippen LogP contribution in [0, 0.1) is 6.92 Å². The van der Waals surface area contributed by atoms with Crippen molar-refractivity contribution in [1.82, 2.24) is 0 Å². The number of rotatable bonds is 10. The Morgan fingerprint density at radius 2 is 1.51 bits per heavy atom. The van der Waals surface area contributed by atoms with Crippen LogP contribution in [-0.2, 0) is 6.42 Å². The summed E-state index contributed by atoms with van der Waals surface area (Å²) in [5.41, 5.74) is 5.45. The molecule has 1 aromatic heterocycles. The Bertz CT molecular complexity index is 1490. The fraction of sp³-hybridized carbons (Fsp3) is 0.273. The average Bonchev–Trinajstić information content (AvgIpc) is 3.56. The normalized spacial score (nSPS) is 13.1. The maximum Gasteiger partial charge on any atom is 0.291 e. The van der Waals surface area contributed by atoms with E-state index in [0.717, 1.165) is 37.4 Å². The van der Waals surface area contributed by atoms with Crippen LogP contribution in [-0.4, -0.2) is 52.1 Å². The molecule has 0 saturated carbocycles. The van der Waals surface area contributed by atoms with Gasteiger partial charge in [-0.15, -0.1) is 0 Å². The summed E-state index contributed by atoms with van der Waals surface area (Å²) in [6.45, 7) is 5.39. The van der Waals surface area contributed by atoms with E-state index in [2.05, 4.69) is 46.3 Å². The number of hydrogen-bond donors (Lipinski definition) is 1. The van der Waals surface area contributed by atoms with Gasteiger partial charge in [0.15, 0.2) is 11.5 Å². The molecule has 1 fully saturated rings. The summed E-state index contributed by atoms with van der Waals surface area (Å²) in [6.07, 6.45) is 2.30. The second-order valence-corrected chi connectivity index (χ2v) is 10.1. The number of nitrogens with one attached hydrogen (secondary N) is 1. The van der Waals surface area contributed by atoms with Crippen molar-refractivity contribution in [2.75, 3.05) is 55.5 Å². The van der Waals surface area contributed by atoms with E-state index in [1.165, 1.54) is 17.5 Å². The number of ether oxygens (including phenoxy) is 2. The monoisotopic (exact) mass is 553 g/mol. The van der Waals surface area contributed by atoms with Crippen LogP contribution in [0.15, 0.2) is 83.5 Å². The lowest BCUT2D eigenvalue weighted by Crippen LogP contribution is -2.47. The third-order valence-electron chi connectivity index (χ3n) is 7.44. The first-order valence-electron chi connectivity index (χ1n) is 13.7. The van der Waals surface area contributed by atoms with Gasteiger partial charge in [0, 0.05) is 49.9 Å². The number of hydrogen-bond acceptors (Lipinski definition) is 7. The van der Waals surface area contributed by atoms with Crippen LogP contribution in [0.2, 0.25) is 0 Å². The highest BCUT2D eigenvalue weighted by Crippen LogP contribution is 2.31. The minimum absolute atomic E-state index is 0.0174. The quantitative estimate of drug-likeness (QED) is 0.241. The van der Waals surface area contributed by atoms with Gasteiger partial charge in [0.2, 0.25) is 0 Å². The molecule has 0 radical (unpaired) electrons. The molecule has 4 aromatic rings. The Labute approximate surface area is 240 Å². The molecule has 3 aromatic carbocycles. The number of piperazine rings is 1. The second kappa shape index (κ2) is 12.6. The fourth-order valence-electron chi connectivity index (χ4n) is 5.20. The minimum Gasteiger partial charge on any atom is -0.497 e. The number of aryl methyl sites for hydroxylation is 2. The molecule has 8 nitrogen and oxygen atoms in total. The number of Topliss-reactive ketones (excluding diaryl/α,β-unsaturated/α-hetero) is 1. The molecule has 0 atom stereocenters. The standard InChI is InChI=1S/C33H35N3O5/c1-23-7-4-5-8-29(23)35-14-16-36(17-15-35)30-12-11-25(21-28(30)34-33(38)32-9-6-18-41-32)31(37)13-10-24-19-26(39-2)22-27(20-24)40-3/h4-9,11-12,18-22H,10,13-17H2,1-3H3,(H,34,38). The van der Waals surface area contributed by atoms with E-state index in [0.29, 0.717) is 35.6 Å². The molecule has 41 heavy (non-hydrogen) atoms. The first kappa shape index (κ1) is 27.8. The third kappa shape index (κ3) is 6.54. The third-order valence-corrected chi connectivity index (χ3v) is 7.44. The zero-order valence-electron chi connectivity index (χ0n) is 23.7. The van der Waals surface area contributed by atoms with Gasteiger partial charge in [-0.2, -0.15) is 0 Å². The van der Waals surface area contributed by atoms with Crippen molar-refractivity contribution in [2.24, 2.45) is 0 Å². The van der Waals surface area contributed by atoms with Gasteiger partial charge in [-0.25, -0.2) is 0 Å². The summed E-state index contributed by atoms with van der Waals surface area (Å²) >= 11 is 0. The summed E-state index contributed by atoms with van der Waals surface area (Å²) < 4.78 is 16.0. The van der Waals surface area contributed by atoms with Crippen LogP contribution in [0.1, 0.15) is 38.5 Å². The molecule has 8 heteroatoms. The van der Waals surface area contributed by atoms with E-state index in [1.807, 2.05) is 24.3 Å². The van der Waals surface area contributed by atoms with Crippen LogP contribution in [0.4, 0.5) is 17.1 Å². The highest BCUT2D eigenvalue weighted by molar-refractivity contribution is 6.06. The predicted molar refractivity (Wildman–Crippen MR) is 161 cm³/mol. The molecule has 1 aliphatic rings. The Kier molecular flexibility index (Phi) is 8.58. The van der Waals surface area contributed by atoms with Gasteiger partial charge < -0.3 is 29.0 Å². The van der Waals surface area contributed by atoms with E-state index in [9.17, 15) is 9.59 Å². The number of amides is 1. The molecular weight excluding hydrogens is 518 g/mol. The topological polar surface area (TPSA) is 84.3 Å². The average molecular weight is 554 g/mol. The van der Waals surface area contributed by atoms with Crippen LogP contribution >= 0.6 is 0 Å². The van der Waals surface area contributed by atoms with Gasteiger partial charge >= 0.3 is 0 Å². The van der Waals surface area contributed by atoms with Crippen LogP contribution in [0.5, 0.6) is 11.5 Å². The van der Waals surface area contributed by atoms with E-state index in [4.69, 9.17) is 13.9 Å². The van der Waals surface area contributed by atoms with Crippen molar-refractivity contribution in [3.05, 3.63) is 102 Å². The Hall–Kier alpha value is -4.72. The zero-order valence-corrected chi connectivity index (χ0v) is 23.7. The Morgan fingerprint density at radius 3 is 2.15 bits per heavy atom. The van der Waals surface area contributed by atoms with Gasteiger partial charge in [0.25, 0.3) is 5.91 Å². The summed E-state index contributed by atoms with van der Waals surface area (Å²) in [5, 5.41) is 2.99. The van der Waals surface area contributed by atoms with Gasteiger partial charge in [-0.05, 0) is 73.0 Å². The van der Waals surface area contributed by atoms with Crippen molar-refractivity contribution in [1.29, 1.82) is 0 Å². The highest BCUT2D eigenvalue weighted by atomic mass is 16.5. The molecule has 0 bridgehead atoms. The van der Waals surface area contributed by atoms with E-state index in [-0.39, 0.29) is 17.5 Å². The highest BCUT2D eigenvalue weighted by Gasteiger charge is 2.23. The number of nitrogens with zero attached hydrogens (tertiary/aromatic N) is 2. The lowest BCUT2D eigenvalue weighted by atomic mass is 10.0. The van der Waals surface area contributed by atoms with Crippen molar-refractivity contribution in [2.45, 2.75) is 19.8 Å².